The zero-order chi connectivity index (χ0) is 14.7. The fraction of sp³-hybridized carbons (Fsp3) is 0.562. The summed E-state index contributed by atoms with van der Waals surface area (Å²) >= 11 is 1.55. The van der Waals surface area contributed by atoms with Crippen molar-refractivity contribution >= 4 is 30.1 Å². The second-order valence-electron chi connectivity index (χ2n) is 5.81. The average Bonchev–Trinajstić information content (AvgIpc) is 3.00. The van der Waals surface area contributed by atoms with Crippen molar-refractivity contribution < 1.29 is 9.18 Å². The van der Waals surface area contributed by atoms with Crippen molar-refractivity contribution in [2.75, 3.05) is 18.8 Å². The molecule has 0 aromatic heterocycles. The largest absolute Gasteiger partial charge is 0.349 e. The number of benzene rings is 1. The number of nitrogens with one attached hydrogen (secondary N) is 2. The molecule has 0 aliphatic carbocycles. The van der Waals surface area contributed by atoms with Gasteiger partial charge in [-0.15, -0.1) is 24.2 Å². The first-order valence-electron chi connectivity index (χ1n) is 7.65. The Bertz CT molecular complexity index is 523. The molecule has 1 aromatic carbocycles. The second-order valence-corrected chi connectivity index (χ2v) is 6.92. The smallest absolute Gasteiger partial charge is 0.220 e. The van der Waals surface area contributed by atoms with Gasteiger partial charge in [-0.3, -0.25) is 4.79 Å². The summed E-state index contributed by atoms with van der Waals surface area (Å²) in [6.07, 6.45) is 3.55. The lowest BCUT2D eigenvalue weighted by Crippen LogP contribution is -2.31. The average molecular weight is 345 g/mol. The van der Waals surface area contributed by atoms with Gasteiger partial charge in [-0.25, -0.2) is 4.39 Å². The first-order chi connectivity index (χ1) is 10.2. The topological polar surface area (TPSA) is 41.1 Å². The molecule has 22 heavy (non-hydrogen) atoms. The Kier molecular flexibility index (Phi) is 6.53. The Morgan fingerprint density at radius 3 is 3.05 bits per heavy atom. The summed E-state index contributed by atoms with van der Waals surface area (Å²) in [7, 11) is 0. The summed E-state index contributed by atoms with van der Waals surface area (Å²) in [4.78, 5) is 12.8. The first kappa shape index (κ1) is 17.6. The molecule has 1 amide bonds. The highest BCUT2D eigenvalue weighted by Gasteiger charge is 2.24. The van der Waals surface area contributed by atoms with E-state index in [2.05, 4.69) is 10.6 Å². The zero-order valence-electron chi connectivity index (χ0n) is 12.4. The van der Waals surface area contributed by atoms with Gasteiger partial charge in [-0.2, -0.15) is 0 Å². The quantitative estimate of drug-likeness (QED) is 0.880. The van der Waals surface area contributed by atoms with E-state index in [0.29, 0.717) is 17.2 Å². The maximum absolute atomic E-state index is 13.8. The molecule has 2 unspecified atom stereocenters. The van der Waals surface area contributed by atoms with Crippen LogP contribution in [0.1, 0.15) is 37.3 Å². The van der Waals surface area contributed by atoms with Crippen molar-refractivity contribution in [2.24, 2.45) is 5.92 Å². The molecule has 1 fully saturated rings. The third-order valence-corrected chi connectivity index (χ3v) is 5.46. The van der Waals surface area contributed by atoms with Crippen molar-refractivity contribution in [2.45, 2.75) is 36.6 Å². The lowest BCUT2D eigenvalue weighted by Gasteiger charge is -2.26. The van der Waals surface area contributed by atoms with E-state index in [9.17, 15) is 9.18 Å². The molecule has 2 aliphatic heterocycles. The Morgan fingerprint density at radius 2 is 2.27 bits per heavy atom. The van der Waals surface area contributed by atoms with E-state index in [1.807, 2.05) is 6.07 Å². The molecular formula is C16H22ClFN2OS. The third kappa shape index (κ3) is 4.15. The molecule has 1 aromatic rings. The van der Waals surface area contributed by atoms with E-state index in [0.717, 1.165) is 37.2 Å². The maximum atomic E-state index is 13.8. The monoisotopic (exact) mass is 344 g/mol. The number of hydrogen-bond donors (Lipinski definition) is 2. The van der Waals surface area contributed by atoms with E-state index >= 15 is 0 Å². The van der Waals surface area contributed by atoms with Crippen molar-refractivity contribution in [3.63, 3.8) is 0 Å². The van der Waals surface area contributed by atoms with Crippen molar-refractivity contribution in [3.05, 3.63) is 29.6 Å². The molecule has 2 heterocycles. The normalized spacial score (nSPS) is 23.5. The van der Waals surface area contributed by atoms with Gasteiger partial charge >= 0.3 is 0 Å². The van der Waals surface area contributed by atoms with Crippen LogP contribution in [-0.4, -0.2) is 24.7 Å². The van der Waals surface area contributed by atoms with Crippen LogP contribution in [0.5, 0.6) is 0 Å². The summed E-state index contributed by atoms with van der Waals surface area (Å²) in [5.41, 5.74) is 0.933. The zero-order valence-corrected chi connectivity index (χ0v) is 14.1. The van der Waals surface area contributed by atoms with Crippen LogP contribution in [0.4, 0.5) is 4.39 Å². The third-order valence-electron chi connectivity index (χ3n) is 4.30. The van der Waals surface area contributed by atoms with E-state index in [-0.39, 0.29) is 30.2 Å². The van der Waals surface area contributed by atoms with E-state index < -0.39 is 0 Å². The predicted octanol–water partition coefficient (Wildman–Crippen LogP) is 3.29. The molecule has 3 rings (SSSR count). The maximum Gasteiger partial charge on any atom is 0.220 e. The van der Waals surface area contributed by atoms with Crippen LogP contribution in [-0.2, 0) is 4.79 Å². The molecule has 0 radical (unpaired) electrons. The molecular weight excluding hydrogens is 323 g/mol. The number of hydrogen-bond acceptors (Lipinski definition) is 3. The molecule has 2 aliphatic rings. The van der Waals surface area contributed by atoms with Gasteiger partial charge in [-0.1, -0.05) is 12.1 Å². The SMILES string of the molecule is Cl.O=C(CCC1CCNC1)NC1CCSc2c(F)cccc21. The number of halogens is 2. The number of thioether (sulfide) groups is 1. The van der Waals surface area contributed by atoms with Gasteiger partial charge in [0.15, 0.2) is 0 Å². The number of carbonyl (C=O) groups excluding carboxylic acids is 1. The highest BCUT2D eigenvalue weighted by atomic mass is 35.5. The number of fused-ring (bicyclic) bond motifs is 1. The van der Waals surface area contributed by atoms with E-state index in [1.54, 1.807) is 17.8 Å². The van der Waals surface area contributed by atoms with Crippen LogP contribution in [0, 0.1) is 11.7 Å². The van der Waals surface area contributed by atoms with Gasteiger partial charge in [0.1, 0.15) is 5.82 Å². The molecule has 0 saturated carbocycles. The van der Waals surface area contributed by atoms with Crippen molar-refractivity contribution in [1.29, 1.82) is 0 Å². The van der Waals surface area contributed by atoms with E-state index in [4.69, 9.17) is 0 Å². The summed E-state index contributed by atoms with van der Waals surface area (Å²) in [5.74, 6) is 1.40. The van der Waals surface area contributed by atoms with Gasteiger partial charge in [0, 0.05) is 17.1 Å². The van der Waals surface area contributed by atoms with Gasteiger partial charge in [0.2, 0.25) is 5.91 Å². The Labute approximate surface area is 141 Å². The molecule has 122 valence electrons. The van der Waals surface area contributed by atoms with E-state index in [1.165, 1.54) is 12.5 Å². The Balaban J connectivity index is 0.00000176. The predicted molar refractivity (Wildman–Crippen MR) is 90.1 cm³/mol. The van der Waals surface area contributed by atoms with Gasteiger partial charge in [0.25, 0.3) is 0 Å². The van der Waals surface area contributed by atoms with Crippen molar-refractivity contribution in [1.82, 2.24) is 10.6 Å². The fourth-order valence-electron chi connectivity index (χ4n) is 3.10. The van der Waals surface area contributed by atoms with Gasteiger partial charge < -0.3 is 10.6 Å². The van der Waals surface area contributed by atoms with Crippen molar-refractivity contribution in [3.8, 4) is 0 Å². The summed E-state index contributed by atoms with van der Waals surface area (Å²) in [5, 5.41) is 6.41. The first-order valence-corrected chi connectivity index (χ1v) is 8.64. The summed E-state index contributed by atoms with van der Waals surface area (Å²) in [6, 6.07) is 5.11. The lowest BCUT2D eigenvalue weighted by atomic mass is 10.0. The second kappa shape index (κ2) is 8.18. The molecule has 2 atom stereocenters. The molecule has 2 N–H and O–H groups in total. The van der Waals surface area contributed by atoms with Crippen LogP contribution in [0.2, 0.25) is 0 Å². The lowest BCUT2D eigenvalue weighted by molar-refractivity contribution is -0.122. The van der Waals surface area contributed by atoms with Crippen LogP contribution in [0.25, 0.3) is 0 Å². The number of rotatable bonds is 4. The number of amides is 1. The fourth-order valence-corrected chi connectivity index (χ4v) is 4.24. The minimum Gasteiger partial charge on any atom is -0.349 e. The molecule has 1 saturated heterocycles. The van der Waals surface area contributed by atoms with Crippen LogP contribution in [0.3, 0.4) is 0 Å². The Hall–Kier alpha value is -0.780. The number of carbonyl (C=O) groups is 1. The molecule has 0 bridgehead atoms. The minimum atomic E-state index is -0.173. The summed E-state index contributed by atoms with van der Waals surface area (Å²) in [6.45, 7) is 2.10. The molecule has 6 heteroatoms. The van der Waals surface area contributed by atoms with Crippen LogP contribution < -0.4 is 10.6 Å². The standard InChI is InChI=1S/C16H21FN2OS.ClH/c17-13-3-1-2-12-14(7-9-21-16(12)13)19-15(20)5-4-11-6-8-18-10-11;/h1-3,11,14,18H,4-10H2,(H,19,20);1H. The highest BCUT2D eigenvalue weighted by molar-refractivity contribution is 7.99. The van der Waals surface area contributed by atoms with Crippen LogP contribution in [0.15, 0.2) is 23.1 Å². The molecule has 3 nitrogen and oxygen atoms in total. The molecule has 0 spiro atoms. The van der Waals surface area contributed by atoms with Gasteiger partial charge in [-0.05, 0) is 49.9 Å². The highest BCUT2D eigenvalue weighted by Crippen LogP contribution is 2.37. The van der Waals surface area contributed by atoms with Gasteiger partial charge in [0.05, 0.1) is 6.04 Å². The minimum absolute atomic E-state index is 0. The Morgan fingerprint density at radius 1 is 1.41 bits per heavy atom. The summed E-state index contributed by atoms with van der Waals surface area (Å²) < 4.78 is 13.8. The van der Waals surface area contributed by atoms with Crippen LogP contribution >= 0.6 is 24.2 Å².